The number of hydrogen-bond acceptors (Lipinski definition) is 0. The lowest BCUT2D eigenvalue weighted by atomic mass is 9.85. The van der Waals surface area contributed by atoms with E-state index in [1.54, 1.807) is 18.2 Å². The van der Waals surface area contributed by atoms with E-state index in [9.17, 15) is 8.78 Å². The summed E-state index contributed by atoms with van der Waals surface area (Å²) >= 11 is 0. The fraction of sp³-hybridized carbons (Fsp3) is 0.429. The lowest BCUT2D eigenvalue weighted by Gasteiger charge is -2.20. The number of unbranched alkanes of at least 4 members (excludes halogenated alkanes) is 1. The third kappa shape index (κ3) is 4.63. The normalized spacial score (nSPS) is 18.2. The van der Waals surface area contributed by atoms with Gasteiger partial charge in [-0.15, -0.1) is 6.58 Å². The highest BCUT2D eigenvalue weighted by atomic mass is 19.2. The Bertz CT molecular complexity index is 596. The minimum atomic E-state index is -0.699. The molecule has 2 rings (SSSR count). The van der Waals surface area contributed by atoms with Crippen LogP contribution in [0.25, 0.3) is 5.57 Å². The molecular weight excluding hydrogens is 290 g/mol. The van der Waals surface area contributed by atoms with Gasteiger partial charge in [0.15, 0.2) is 11.6 Å². The van der Waals surface area contributed by atoms with Gasteiger partial charge in [0.25, 0.3) is 0 Å². The van der Waals surface area contributed by atoms with Crippen LogP contribution in [0, 0.1) is 17.6 Å². The summed E-state index contributed by atoms with van der Waals surface area (Å²) in [4.78, 5) is 0. The Morgan fingerprint density at radius 1 is 1.22 bits per heavy atom. The van der Waals surface area contributed by atoms with Crippen molar-refractivity contribution < 1.29 is 8.78 Å². The Balaban J connectivity index is 2.10. The molecule has 0 spiro atoms. The van der Waals surface area contributed by atoms with Gasteiger partial charge < -0.3 is 0 Å². The fourth-order valence-electron chi connectivity index (χ4n) is 3.02. The van der Waals surface area contributed by atoms with Gasteiger partial charge in [0.1, 0.15) is 0 Å². The molecule has 0 amide bonds. The molecule has 124 valence electrons. The van der Waals surface area contributed by atoms with Gasteiger partial charge in [-0.2, -0.15) is 0 Å². The monoisotopic (exact) mass is 316 g/mol. The van der Waals surface area contributed by atoms with Gasteiger partial charge in [-0.25, -0.2) is 8.78 Å². The fourth-order valence-corrected chi connectivity index (χ4v) is 3.02. The maximum Gasteiger partial charge on any atom is 0.166 e. The van der Waals surface area contributed by atoms with Gasteiger partial charge in [-0.3, -0.25) is 0 Å². The van der Waals surface area contributed by atoms with E-state index >= 15 is 0 Å². The highest BCUT2D eigenvalue weighted by molar-refractivity contribution is 5.67. The summed E-state index contributed by atoms with van der Waals surface area (Å²) in [5.41, 5.74) is 1.81. The zero-order valence-electron chi connectivity index (χ0n) is 14.0. The second-order valence-electron chi connectivity index (χ2n) is 6.21. The molecule has 0 N–H and O–H groups in total. The minimum absolute atomic E-state index is 0.431. The third-order valence-electron chi connectivity index (χ3n) is 4.44. The van der Waals surface area contributed by atoms with Crippen LogP contribution in [0.2, 0.25) is 0 Å². The van der Waals surface area contributed by atoms with Gasteiger partial charge in [0.2, 0.25) is 0 Å². The van der Waals surface area contributed by atoms with E-state index in [0.29, 0.717) is 29.9 Å². The SMILES string of the molecule is C=CCCc1ccc(C2=CCC(C=CCCC)CC2)c(F)c1F. The highest BCUT2D eigenvalue weighted by Gasteiger charge is 2.19. The molecule has 1 atom stereocenters. The molecule has 0 saturated carbocycles. The molecule has 0 fully saturated rings. The Morgan fingerprint density at radius 3 is 2.70 bits per heavy atom. The molecule has 1 aliphatic rings. The molecule has 1 aliphatic carbocycles. The lowest BCUT2D eigenvalue weighted by Crippen LogP contribution is -2.05. The number of allylic oxidation sites excluding steroid dienone is 5. The summed E-state index contributed by atoms with van der Waals surface area (Å²) in [6, 6.07) is 3.45. The number of aryl methyl sites for hydroxylation is 1. The van der Waals surface area contributed by atoms with Crippen molar-refractivity contribution in [2.45, 2.75) is 51.9 Å². The first-order valence-corrected chi connectivity index (χ1v) is 8.61. The van der Waals surface area contributed by atoms with Crippen LogP contribution in [-0.2, 0) is 6.42 Å². The molecule has 1 aromatic rings. The van der Waals surface area contributed by atoms with E-state index in [0.717, 1.165) is 37.7 Å². The first kappa shape index (κ1) is 17.7. The predicted octanol–water partition coefficient (Wildman–Crippen LogP) is 6.62. The first-order valence-electron chi connectivity index (χ1n) is 8.61. The molecule has 0 aliphatic heterocycles. The maximum atomic E-state index is 14.4. The first-order chi connectivity index (χ1) is 11.2. The number of halogens is 2. The topological polar surface area (TPSA) is 0 Å². The Labute approximate surface area is 138 Å². The average Bonchev–Trinajstić information content (AvgIpc) is 2.57. The third-order valence-corrected chi connectivity index (χ3v) is 4.44. The van der Waals surface area contributed by atoms with E-state index in [1.165, 1.54) is 0 Å². The van der Waals surface area contributed by atoms with E-state index < -0.39 is 11.6 Å². The Kier molecular flexibility index (Phi) is 6.76. The molecule has 1 aromatic carbocycles. The standard InChI is InChI=1S/C21H26F2/c1-3-5-7-8-16-10-12-17(13-11-16)19-15-14-18(9-6-4-2)20(22)21(19)23/h4,7-8,12,14-16H,2-3,5-6,9-11,13H2,1H3. The van der Waals surface area contributed by atoms with Gasteiger partial charge in [-0.05, 0) is 55.6 Å². The second-order valence-corrected chi connectivity index (χ2v) is 6.21. The Hall–Kier alpha value is -1.70. The summed E-state index contributed by atoms with van der Waals surface area (Å²) in [6.07, 6.45) is 14.5. The van der Waals surface area contributed by atoms with E-state index in [1.807, 2.05) is 0 Å². The highest BCUT2D eigenvalue weighted by Crippen LogP contribution is 2.33. The number of rotatable bonds is 7. The van der Waals surface area contributed by atoms with Crippen LogP contribution in [0.15, 0.2) is 43.0 Å². The maximum absolute atomic E-state index is 14.4. The smallest absolute Gasteiger partial charge is 0.166 e. The van der Waals surface area contributed by atoms with Crippen LogP contribution in [-0.4, -0.2) is 0 Å². The van der Waals surface area contributed by atoms with Crippen molar-refractivity contribution in [1.82, 2.24) is 0 Å². The van der Waals surface area contributed by atoms with E-state index in [-0.39, 0.29) is 0 Å². The van der Waals surface area contributed by atoms with Crippen molar-refractivity contribution in [3.05, 3.63) is 65.8 Å². The molecule has 0 bridgehead atoms. The summed E-state index contributed by atoms with van der Waals surface area (Å²) in [6.45, 7) is 5.79. The number of benzene rings is 1. The molecule has 1 unspecified atom stereocenters. The van der Waals surface area contributed by atoms with E-state index in [4.69, 9.17) is 0 Å². The van der Waals surface area contributed by atoms with Gasteiger partial charge in [0.05, 0.1) is 0 Å². The second kappa shape index (κ2) is 8.81. The zero-order valence-corrected chi connectivity index (χ0v) is 14.0. The summed E-state index contributed by atoms with van der Waals surface area (Å²) in [5.74, 6) is -0.863. The lowest BCUT2D eigenvalue weighted by molar-refractivity contribution is 0.494. The molecule has 0 saturated heterocycles. The van der Waals surface area contributed by atoms with Crippen molar-refractivity contribution >= 4 is 5.57 Å². The average molecular weight is 316 g/mol. The van der Waals surface area contributed by atoms with Crippen LogP contribution in [0.3, 0.4) is 0 Å². The molecule has 0 heterocycles. The van der Waals surface area contributed by atoms with Gasteiger partial charge in [-0.1, -0.05) is 49.8 Å². The van der Waals surface area contributed by atoms with Crippen LogP contribution in [0.1, 0.15) is 56.6 Å². The Morgan fingerprint density at radius 2 is 2.04 bits per heavy atom. The molecule has 23 heavy (non-hydrogen) atoms. The van der Waals surface area contributed by atoms with Crippen molar-refractivity contribution in [1.29, 1.82) is 0 Å². The van der Waals surface area contributed by atoms with Crippen molar-refractivity contribution in [2.24, 2.45) is 5.92 Å². The summed E-state index contributed by atoms with van der Waals surface area (Å²) in [7, 11) is 0. The molecule has 0 aromatic heterocycles. The van der Waals surface area contributed by atoms with Crippen molar-refractivity contribution in [3.63, 3.8) is 0 Å². The van der Waals surface area contributed by atoms with Crippen LogP contribution in [0.5, 0.6) is 0 Å². The summed E-state index contributed by atoms with van der Waals surface area (Å²) < 4.78 is 28.5. The van der Waals surface area contributed by atoms with Crippen LogP contribution in [0.4, 0.5) is 8.78 Å². The van der Waals surface area contributed by atoms with Gasteiger partial charge >= 0.3 is 0 Å². The zero-order chi connectivity index (χ0) is 16.7. The predicted molar refractivity (Wildman–Crippen MR) is 94.2 cm³/mol. The largest absolute Gasteiger partial charge is 0.203 e. The van der Waals surface area contributed by atoms with Crippen molar-refractivity contribution in [3.8, 4) is 0 Å². The van der Waals surface area contributed by atoms with E-state index in [2.05, 4.69) is 31.7 Å². The molecular formula is C21H26F2. The van der Waals surface area contributed by atoms with Crippen LogP contribution < -0.4 is 0 Å². The molecule has 0 nitrogen and oxygen atoms in total. The summed E-state index contributed by atoms with van der Waals surface area (Å²) in [5, 5.41) is 0. The minimum Gasteiger partial charge on any atom is -0.203 e. The van der Waals surface area contributed by atoms with Gasteiger partial charge in [0, 0.05) is 5.56 Å². The quantitative estimate of drug-likeness (QED) is 0.496. The number of hydrogen-bond donors (Lipinski definition) is 0. The van der Waals surface area contributed by atoms with Crippen LogP contribution >= 0.6 is 0 Å². The van der Waals surface area contributed by atoms with Crippen molar-refractivity contribution in [2.75, 3.05) is 0 Å². The molecule has 2 heteroatoms. The molecule has 0 radical (unpaired) electrons.